The van der Waals surface area contributed by atoms with Gasteiger partial charge in [-0.2, -0.15) is 0 Å². The van der Waals surface area contributed by atoms with E-state index in [9.17, 15) is 0 Å². The van der Waals surface area contributed by atoms with E-state index in [0.717, 1.165) is 5.92 Å². The fourth-order valence-electron chi connectivity index (χ4n) is 2.11. The van der Waals surface area contributed by atoms with Crippen LogP contribution in [0, 0.1) is 11.3 Å². The highest BCUT2D eigenvalue weighted by Crippen LogP contribution is 2.25. The molecule has 1 atom stereocenters. The van der Waals surface area contributed by atoms with Crippen molar-refractivity contribution in [1.29, 1.82) is 0 Å². The Hall–Kier alpha value is -0.0400. The van der Waals surface area contributed by atoms with Gasteiger partial charge in [0.1, 0.15) is 0 Å². The summed E-state index contributed by atoms with van der Waals surface area (Å²) in [5.74, 6) is 0.924. The molecule has 0 spiro atoms. The van der Waals surface area contributed by atoms with Crippen LogP contribution in [0.5, 0.6) is 0 Å². The maximum Gasteiger partial charge on any atom is 0.0113 e. The van der Waals surface area contributed by atoms with Crippen LogP contribution in [0.1, 0.15) is 60.3 Å². The molecule has 0 saturated heterocycles. The summed E-state index contributed by atoms with van der Waals surface area (Å²) < 4.78 is 0. The maximum atomic E-state index is 3.45. The average Bonchev–Trinajstić information content (AvgIpc) is 2.10. The Kier molecular flexibility index (Phi) is 6.43. The molecule has 1 N–H and O–H groups in total. The van der Waals surface area contributed by atoms with Gasteiger partial charge >= 0.3 is 0 Å². The van der Waals surface area contributed by atoms with E-state index in [2.05, 4.69) is 47.0 Å². The average molecular weight is 199 g/mol. The first kappa shape index (κ1) is 14.0. The fraction of sp³-hybridized carbons (Fsp3) is 1.00. The first-order valence-corrected chi connectivity index (χ1v) is 6.12. The zero-order chi connectivity index (χ0) is 11.2. The van der Waals surface area contributed by atoms with Crippen molar-refractivity contribution < 1.29 is 0 Å². The van der Waals surface area contributed by atoms with Crippen LogP contribution < -0.4 is 5.32 Å². The molecule has 0 aromatic rings. The SMILES string of the molecule is CCC(CC)CCC(NC)C(C)(C)C. The van der Waals surface area contributed by atoms with E-state index in [0.29, 0.717) is 11.5 Å². The molecule has 0 fully saturated rings. The van der Waals surface area contributed by atoms with Crippen molar-refractivity contribution in [3.63, 3.8) is 0 Å². The largest absolute Gasteiger partial charge is 0.316 e. The van der Waals surface area contributed by atoms with E-state index in [1.54, 1.807) is 0 Å². The van der Waals surface area contributed by atoms with Crippen molar-refractivity contribution in [2.24, 2.45) is 11.3 Å². The van der Waals surface area contributed by atoms with Gasteiger partial charge in [-0.05, 0) is 31.2 Å². The first-order chi connectivity index (χ1) is 6.45. The molecule has 0 saturated carbocycles. The lowest BCUT2D eigenvalue weighted by Crippen LogP contribution is -2.38. The second-order valence-corrected chi connectivity index (χ2v) is 5.47. The molecule has 1 unspecified atom stereocenters. The zero-order valence-electron chi connectivity index (χ0n) is 11.0. The minimum Gasteiger partial charge on any atom is -0.316 e. The number of hydrogen-bond donors (Lipinski definition) is 1. The van der Waals surface area contributed by atoms with Gasteiger partial charge in [-0.1, -0.05) is 47.5 Å². The topological polar surface area (TPSA) is 12.0 Å². The van der Waals surface area contributed by atoms with Crippen molar-refractivity contribution in [2.45, 2.75) is 66.3 Å². The Morgan fingerprint density at radius 3 is 1.79 bits per heavy atom. The third kappa shape index (κ3) is 4.99. The van der Waals surface area contributed by atoms with Gasteiger partial charge in [0.15, 0.2) is 0 Å². The number of nitrogens with one attached hydrogen (secondary N) is 1. The van der Waals surface area contributed by atoms with Gasteiger partial charge in [-0.15, -0.1) is 0 Å². The van der Waals surface area contributed by atoms with Crippen molar-refractivity contribution in [3.8, 4) is 0 Å². The Morgan fingerprint density at radius 2 is 1.50 bits per heavy atom. The number of hydrogen-bond acceptors (Lipinski definition) is 1. The Bertz CT molecular complexity index is 131. The molecular formula is C13H29N. The minimum atomic E-state index is 0.390. The quantitative estimate of drug-likeness (QED) is 0.685. The molecule has 0 aromatic carbocycles. The van der Waals surface area contributed by atoms with Crippen molar-refractivity contribution in [3.05, 3.63) is 0 Å². The third-order valence-electron chi connectivity index (χ3n) is 3.41. The second kappa shape index (κ2) is 6.44. The highest BCUT2D eigenvalue weighted by Gasteiger charge is 2.23. The highest BCUT2D eigenvalue weighted by atomic mass is 14.9. The molecule has 0 rings (SSSR count). The molecule has 0 amide bonds. The van der Waals surface area contributed by atoms with Crippen molar-refractivity contribution in [1.82, 2.24) is 5.32 Å². The van der Waals surface area contributed by atoms with E-state index in [1.807, 2.05) is 0 Å². The second-order valence-electron chi connectivity index (χ2n) is 5.47. The summed E-state index contributed by atoms with van der Waals surface area (Å²) in [7, 11) is 2.09. The molecule has 0 aliphatic rings. The van der Waals surface area contributed by atoms with Gasteiger partial charge < -0.3 is 5.32 Å². The predicted molar refractivity (Wildman–Crippen MR) is 65.6 cm³/mol. The van der Waals surface area contributed by atoms with Crippen LogP contribution in [0.2, 0.25) is 0 Å². The number of rotatable bonds is 6. The van der Waals surface area contributed by atoms with Crippen molar-refractivity contribution >= 4 is 0 Å². The first-order valence-electron chi connectivity index (χ1n) is 6.12. The lowest BCUT2D eigenvalue weighted by atomic mass is 9.82. The van der Waals surface area contributed by atoms with E-state index < -0.39 is 0 Å². The molecule has 1 nitrogen and oxygen atoms in total. The molecule has 0 radical (unpaired) electrons. The van der Waals surface area contributed by atoms with E-state index in [-0.39, 0.29) is 0 Å². The molecule has 1 heteroatoms. The van der Waals surface area contributed by atoms with Crippen LogP contribution in [-0.2, 0) is 0 Å². The van der Waals surface area contributed by atoms with Gasteiger partial charge in [-0.3, -0.25) is 0 Å². The molecule has 86 valence electrons. The summed E-state index contributed by atoms with van der Waals surface area (Å²) in [6.07, 6.45) is 5.34. The van der Waals surface area contributed by atoms with Gasteiger partial charge in [0, 0.05) is 6.04 Å². The van der Waals surface area contributed by atoms with Crippen molar-refractivity contribution in [2.75, 3.05) is 7.05 Å². The lowest BCUT2D eigenvalue weighted by molar-refractivity contribution is 0.248. The predicted octanol–water partition coefficient (Wildman–Crippen LogP) is 3.84. The molecular weight excluding hydrogens is 170 g/mol. The standard InChI is InChI=1S/C13H29N/c1-7-11(8-2)9-10-12(14-6)13(3,4)5/h11-12,14H,7-10H2,1-6H3. The van der Waals surface area contributed by atoms with Crippen LogP contribution >= 0.6 is 0 Å². The molecule has 0 bridgehead atoms. The fourth-order valence-corrected chi connectivity index (χ4v) is 2.11. The Labute approximate surface area is 90.7 Å². The van der Waals surface area contributed by atoms with Crippen LogP contribution in [0.3, 0.4) is 0 Å². The maximum absolute atomic E-state index is 3.45. The lowest BCUT2D eigenvalue weighted by Gasteiger charge is -2.31. The normalized spacial score (nSPS) is 14.8. The zero-order valence-corrected chi connectivity index (χ0v) is 11.0. The van der Waals surface area contributed by atoms with Gasteiger partial charge in [0.05, 0.1) is 0 Å². The summed E-state index contributed by atoms with van der Waals surface area (Å²) in [6.45, 7) is 11.6. The van der Waals surface area contributed by atoms with Crippen LogP contribution in [-0.4, -0.2) is 13.1 Å². The van der Waals surface area contributed by atoms with Gasteiger partial charge in [-0.25, -0.2) is 0 Å². The van der Waals surface area contributed by atoms with E-state index >= 15 is 0 Å². The van der Waals surface area contributed by atoms with Gasteiger partial charge in [0.2, 0.25) is 0 Å². The van der Waals surface area contributed by atoms with Crippen LogP contribution in [0.15, 0.2) is 0 Å². The summed E-state index contributed by atoms with van der Waals surface area (Å²) in [5, 5.41) is 3.45. The smallest absolute Gasteiger partial charge is 0.0113 e. The van der Waals surface area contributed by atoms with E-state index in [4.69, 9.17) is 0 Å². The highest BCUT2D eigenvalue weighted by molar-refractivity contribution is 4.79. The summed E-state index contributed by atoms with van der Waals surface area (Å²) in [4.78, 5) is 0. The van der Waals surface area contributed by atoms with E-state index in [1.165, 1.54) is 25.7 Å². The summed E-state index contributed by atoms with van der Waals surface area (Å²) in [5.41, 5.74) is 0.390. The molecule has 0 aliphatic carbocycles. The Morgan fingerprint density at radius 1 is 1.00 bits per heavy atom. The molecule has 0 aromatic heterocycles. The molecule has 0 heterocycles. The van der Waals surface area contributed by atoms with Crippen LogP contribution in [0.4, 0.5) is 0 Å². The Balaban J connectivity index is 3.95. The summed E-state index contributed by atoms with van der Waals surface area (Å²) in [6, 6.07) is 0.656. The molecule has 14 heavy (non-hydrogen) atoms. The molecule has 0 aliphatic heterocycles. The minimum absolute atomic E-state index is 0.390. The van der Waals surface area contributed by atoms with Crippen LogP contribution in [0.25, 0.3) is 0 Å². The monoisotopic (exact) mass is 199 g/mol. The summed E-state index contributed by atoms with van der Waals surface area (Å²) >= 11 is 0. The van der Waals surface area contributed by atoms with Gasteiger partial charge in [0.25, 0.3) is 0 Å². The third-order valence-corrected chi connectivity index (χ3v) is 3.41.